The van der Waals surface area contributed by atoms with E-state index in [1.54, 1.807) is 42.5 Å². The van der Waals surface area contributed by atoms with Gasteiger partial charge in [-0.25, -0.2) is 8.42 Å². The number of hydrogen-bond acceptors (Lipinski definition) is 3. The molecule has 0 bridgehead atoms. The molecule has 2 N–H and O–H groups in total. The van der Waals surface area contributed by atoms with Gasteiger partial charge >= 0.3 is 5.97 Å². The number of nitrogens with one attached hydrogen (secondary N) is 1. The Morgan fingerprint density at radius 1 is 1.04 bits per heavy atom. The summed E-state index contributed by atoms with van der Waals surface area (Å²) in [6, 6.07) is 13.4. The number of hydrogen-bond donors (Lipinski definition) is 2. The van der Waals surface area contributed by atoms with Crippen LogP contribution in [0, 0.1) is 0 Å². The molecule has 0 aliphatic carbocycles. The summed E-state index contributed by atoms with van der Waals surface area (Å²) in [5.74, 6) is -0.910. The van der Waals surface area contributed by atoms with Crippen LogP contribution >= 0.6 is 0 Å². The largest absolute Gasteiger partial charge is 0.480 e. The molecule has 2 rings (SSSR count). The van der Waals surface area contributed by atoms with Gasteiger partial charge in [-0.1, -0.05) is 56.3 Å². The lowest BCUT2D eigenvalue weighted by molar-refractivity contribution is -0.139. The first kappa shape index (κ1) is 18.2. The van der Waals surface area contributed by atoms with E-state index in [0.29, 0.717) is 11.5 Å². The summed E-state index contributed by atoms with van der Waals surface area (Å²) >= 11 is 0. The zero-order chi connectivity index (χ0) is 17.7. The second-order valence-corrected chi connectivity index (χ2v) is 7.40. The average Bonchev–Trinajstić information content (AvgIpc) is 2.59. The van der Waals surface area contributed by atoms with E-state index in [9.17, 15) is 18.3 Å². The minimum Gasteiger partial charge on any atom is -0.480 e. The Labute approximate surface area is 142 Å². The Morgan fingerprint density at radius 3 is 2.12 bits per heavy atom. The first-order valence-electron chi connectivity index (χ1n) is 7.75. The van der Waals surface area contributed by atoms with Crippen LogP contribution in [-0.2, 0) is 14.8 Å². The molecule has 2 aromatic carbocycles. The van der Waals surface area contributed by atoms with Crippen molar-refractivity contribution in [3.05, 3.63) is 65.7 Å². The van der Waals surface area contributed by atoms with E-state index in [-0.39, 0.29) is 4.90 Å². The number of carboxylic acid groups (broad SMARTS) is 1. The number of aliphatic carboxylic acids is 1. The van der Waals surface area contributed by atoms with Crippen LogP contribution in [0.1, 0.15) is 43.4 Å². The molecule has 2 aromatic rings. The molecule has 128 valence electrons. The predicted molar refractivity (Wildman–Crippen MR) is 92.3 cm³/mol. The van der Waals surface area contributed by atoms with E-state index in [1.807, 2.05) is 0 Å². The third kappa shape index (κ3) is 4.21. The summed E-state index contributed by atoms with van der Waals surface area (Å²) in [5, 5.41) is 9.36. The SMILES string of the molecule is CCC(C)c1ccc(S(=O)(=O)N[C@@H](C(=O)O)c2ccccc2)cc1. The molecule has 0 aliphatic heterocycles. The molecule has 0 amide bonds. The van der Waals surface area contributed by atoms with Crippen LogP contribution in [0.25, 0.3) is 0 Å². The normalized spacial score (nSPS) is 14.1. The Morgan fingerprint density at radius 2 is 1.62 bits per heavy atom. The third-order valence-corrected chi connectivity index (χ3v) is 5.46. The molecule has 1 unspecified atom stereocenters. The highest BCUT2D eigenvalue weighted by Gasteiger charge is 2.26. The van der Waals surface area contributed by atoms with Gasteiger partial charge in [0.2, 0.25) is 10.0 Å². The molecule has 0 saturated carbocycles. The Kier molecular flexibility index (Phi) is 5.75. The van der Waals surface area contributed by atoms with Gasteiger partial charge in [0.05, 0.1) is 4.90 Å². The van der Waals surface area contributed by atoms with E-state index in [0.717, 1.165) is 12.0 Å². The predicted octanol–water partition coefficient (Wildman–Crippen LogP) is 3.30. The number of benzene rings is 2. The molecule has 2 atom stereocenters. The average molecular weight is 347 g/mol. The summed E-state index contributed by atoms with van der Waals surface area (Å²) in [6.45, 7) is 4.13. The first-order chi connectivity index (χ1) is 11.3. The molecule has 0 aliphatic rings. The smallest absolute Gasteiger partial charge is 0.326 e. The lowest BCUT2D eigenvalue weighted by atomic mass is 9.99. The van der Waals surface area contributed by atoms with Crippen molar-refractivity contribution in [3.8, 4) is 0 Å². The van der Waals surface area contributed by atoms with E-state index < -0.39 is 22.0 Å². The second-order valence-electron chi connectivity index (χ2n) is 5.68. The van der Waals surface area contributed by atoms with Gasteiger partial charge in [-0.2, -0.15) is 4.72 Å². The fourth-order valence-electron chi connectivity index (χ4n) is 2.34. The maximum atomic E-state index is 12.5. The molecule has 0 saturated heterocycles. The fraction of sp³-hybridized carbons (Fsp3) is 0.278. The van der Waals surface area contributed by atoms with Crippen molar-refractivity contribution in [2.75, 3.05) is 0 Å². The van der Waals surface area contributed by atoms with Crippen molar-refractivity contribution in [1.29, 1.82) is 0 Å². The molecule has 0 fully saturated rings. The lowest BCUT2D eigenvalue weighted by Crippen LogP contribution is -2.33. The van der Waals surface area contributed by atoms with E-state index in [4.69, 9.17) is 0 Å². The van der Waals surface area contributed by atoms with Crippen molar-refractivity contribution in [3.63, 3.8) is 0 Å². The van der Waals surface area contributed by atoms with Gasteiger partial charge in [0.25, 0.3) is 0 Å². The van der Waals surface area contributed by atoms with E-state index in [1.165, 1.54) is 12.1 Å². The van der Waals surface area contributed by atoms with Gasteiger partial charge in [0.15, 0.2) is 0 Å². The molecular formula is C18H21NO4S. The summed E-state index contributed by atoms with van der Waals surface area (Å²) in [5.41, 5.74) is 1.43. The highest BCUT2D eigenvalue weighted by atomic mass is 32.2. The molecule has 0 radical (unpaired) electrons. The van der Waals surface area contributed by atoms with Gasteiger partial charge in [0, 0.05) is 0 Å². The maximum Gasteiger partial charge on any atom is 0.326 e. The Balaban J connectivity index is 2.27. The molecule has 0 aromatic heterocycles. The van der Waals surface area contributed by atoms with Crippen molar-refractivity contribution in [1.82, 2.24) is 4.72 Å². The van der Waals surface area contributed by atoms with Gasteiger partial charge < -0.3 is 5.11 Å². The number of carbonyl (C=O) groups is 1. The zero-order valence-corrected chi connectivity index (χ0v) is 14.5. The highest BCUT2D eigenvalue weighted by molar-refractivity contribution is 7.89. The van der Waals surface area contributed by atoms with Gasteiger partial charge in [-0.05, 0) is 35.6 Å². The van der Waals surface area contributed by atoms with E-state index in [2.05, 4.69) is 18.6 Å². The Bertz CT molecular complexity index is 786. The molecule has 6 heteroatoms. The highest BCUT2D eigenvalue weighted by Crippen LogP contribution is 2.22. The second kappa shape index (κ2) is 7.59. The summed E-state index contributed by atoms with van der Waals surface area (Å²) in [7, 11) is -3.93. The fourth-order valence-corrected chi connectivity index (χ4v) is 3.52. The van der Waals surface area contributed by atoms with Crippen molar-refractivity contribution in [2.45, 2.75) is 37.1 Å². The maximum absolute atomic E-state index is 12.5. The third-order valence-electron chi connectivity index (χ3n) is 4.02. The topological polar surface area (TPSA) is 83.5 Å². The van der Waals surface area contributed by atoms with Gasteiger partial charge in [0.1, 0.15) is 6.04 Å². The standard InChI is InChI=1S/C18H21NO4S/c1-3-13(2)14-9-11-16(12-10-14)24(22,23)19-17(18(20)21)15-7-5-4-6-8-15/h4-13,17,19H,3H2,1-2H3,(H,20,21)/t13?,17-/m1/s1. The van der Waals surface area contributed by atoms with Crippen LogP contribution < -0.4 is 4.72 Å². The van der Waals surface area contributed by atoms with Gasteiger partial charge in [-0.15, -0.1) is 0 Å². The van der Waals surface area contributed by atoms with Crippen molar-refractivity contribution >= 4 is 16.0 Å². The number of carboxylic acids is 1. The lowest BCUT2D eigenvalue weighted by Gasteiger charge is -2.16. The van der Waals surface area contributed by atoms with Crippen LogP contribution in [0.4, 0.5) is 0 Å². The molecular weight excluding hydrogens is 326 g/mol. The first-order valence-corrected chi connectivity index (χ1v) is 9.23. The van der Waals surface area contributed by atoms with Crippen LogP contribution in [0.15, 0.2) is 59.5 Å². The minimum absolute atomic E-state index is 0.0525. The number of sulfonamides is 1. The quantitative estimate of drug-likeness (QED) is 0.805. The van der Waals surface area contributed by atoms with Gasteiger partial charge in [-0.3, -0.25) is 4.79 Å². The Hall–Kier alpha value is -2.18. The molecule has 24 heavy (non-hydrogen) atoms. The number of rotatable bonds is 7. The summed E-state index contributed by atoms with van der Waals surface area (Å²) in [4.78, 5) is 11.5. The monoisotopic (exact) mass is 347 g/mol. The summed E-state index contributed by atoms with van der Waals surface area (Å²) in [6.07, 6.45) is 0.958. The van der Waals surface area contributed by atoms with Crippen LogP contribution in [0.3, 0.4) is 0 Å². The van der Waals surface area contributed by atoms with Crippen LogP contribution in [0.5, 0.6) is 0 Å². The molecule has 0 spiro atoms. The van der Waals surface area contributed by atoms with E-state index >= 15 is 0 Å². The van der Waals surface area contributed by atoms with Crippen molar-refractivity contribution < 1.29 is 18.3 Å². The zero-order valence-electron chi connectivity index (χ0n) is 13.6. The summed E-state index contributed by atoms with van der Waals surface area (Å²) < 4.78 is 27.3. The van der Waals surface area contributed by atoms with Crippen LogP contribution in [0.2, 0.25) is 0 Å². The van der Waals surface area contributed by atoms with Crippen LogP contribution in [-0.4, -0.2) is 19.5 Å². The minimum atomic E-state index is -3.93. The molecule has 5 nitrogen and oxygen atoms in total. The molecule has 0 heterocycles. The van der Waals surface area contributed by atoms with Crippen molar-refractivity contribution in [2.24, 2.45) is 0 Å².